The molecule has 1 atom stereocenters. The smallest absolute Gasteiger partial charge is 0.0657 e. The maximum Gasteiger partial charge on any atom is 0.0657 e. The van der Waals surface area contributed by atoms with Crippen molar-refractivity contribution < 1.29 is 5.11 Å². The second kappa shape index (κ2) is 4.54. The van der Waals surface area contributed by atoms with Gasteiger partial charge in [0.15, 0.2) is 0 Å². The quantitative estimate of drug-likeness (QED) is 0.592. The molecule has 0 spiro atoms. The topological polar surface area (TPSA) is 20.2 Å². The number of hydrogen-bond donors (Lipinski definition) is 1. The summed E-state index contributed by atoms with van der Waals surface area (Å²) in [7, 11) is 0. The molecule has 60 valence electrons. The fraction of sp³-hybridized carbons (Fsp3) is 1.00. The molecular weight excluding hydrogens is 239 g/mol. The fourth-order valence-corrected chi connectivity index (χ4v) is 2.36. The van der Waals surface area contributed by atoms with Gasteiger partial charge in [-0.1, -0.05) is 41.9 Å². The van der Waals surface area contributed by atoms with Crippen LogP contribution < -0.4 is 0 Å². The van der Waals surface area contributed by atoms with Crippen molar-refractivity contribution in [1.29, 1.82) is 0 Å². The van der Waals surface area contributed by atoms with Gasteiger partial charge in [0.25, 0.3) is 0 Å². The molecule has 10 heavy (non-hydrogen) atoms. The summed E-state index contributed by atoms with van der Waals surface area (Å²) in [4.78, 5) is 0. The Morgan fingerprint density at radius 1 is 1.30 bits per heavy atom. The molecule has 1 rings (SSSR count). The van der Waals surface area contributed by atoms with Crippen LogP contribution in [0.15, 0.2) is 0 Å². The summed E-state index contributed by atoms with van der Waals surface area (Å²) in [5.74, 6) is 0.616. The van der Waals surface area contributed by atoms with Crippen molar-refractivity contribution in [2.24, 2.45) is 5.92 Å². The van der Waals surface area contributed by atoms with Crippen LogP contribution in [0, 0.1) is 5.92 Å². The van der Waals surface area contributed by atoms with Crippen LogP contribution in [0.2, 0.25) is 0 Å². The molecule has 0 unspecified atom stereocenters. The highest BCUT2D eigenvalue weighted by Crippen LogP contribution is 2.26. The van der Waals surface area contributed by atoms with Crippen molar-refractivity contribution in [2.45, 2.75) is 38.2 Å². The van der Waals surface area contributed by atoms with Gasteiger partial charge in [-0.05, 0) is 18.8 Å². The van der Waals surface area contributed by atoms with Gasteiger partial charge in [-0.25, -0.2) is 0 Å². The minimum Gasteiger partial charge on any atom is -0.392 e. The third-order valence-electron chi connectivity index (χ3n) is 2.35. The second-order valence-corrected chi connectivity index (χ2v) is 4.00. The SMILES string of the molecule is O[C@@H](CI)C1CCCCC1. The van der Waals surface area contributed by atoms with E-state index in [1.165, 1.54) is 32.1 Å². The lowest BCUT2D eigenvalue weighted by molar-refractivity contribution is 0.107. The van der Waals surface area contributed by atoms with Crippen LogP contribution in [0.4, 0.5) is 0 Å². The number of alkyl halides is 1. The molecule has 0 aromatic rings. The Labute approximate surface area is 76.3 Å². The van der Waals surface area contributed by atoms with E-state index >= 15 is 0 Å². The highest BCUT2D eigenvalue weighted by molar-refractivity contribution is 14.1. The minimum absolute atomic E-state index is 0.0269. The Hall–Kier alpha value is 0.690. The van der Waals surface area contributed by atoms with Gasteiger partial charge >= 0.3 is 0 Å². The largest absolute Gasteiger partial charge is 0.392 e. The van der Waals surface area contributed by atoms with Gasteiger partial charge in [0.1, 0.15) is 0 Å². The van der Waals surface area contributed by atoms with E-state index in [1.807, 2.05) is 0 Å². The number of aliphatic hydroxyl groups excluding tert-OH is 1. The number of rotatable bonds is 2. The molecule has 1 fully saturated rings. The van der Waals surface area contributed by atoms with E-state index in [1.54, 1.807) is 0 Å². The Morgan fingerprint density at radius 2 is 1.90 bits per heavy atom. The molecule has 0 bridgehead atoms. The normalized spacial score (nSPS) is 24.6. The number of hydrogen-bond acceptors (Lipinski definition) is 1. The van der Waals surface area contributed by atoms with Gasteiger partial charge in [-0.15, -0.1) is 0 Å². The summed E-state index contributed by atoms with van der Waals surface area (Å²) >= 11 is 2.27. The molecule has 0 aliphatic heterocycles. The first-order valence-corrected chi connectivity index (χ1v) is 5.61. The lowest BCUT2D eigenvalue weighted by Crippen LogP contribution is -2.23. The molecule has 0 aromatic carbocycles. The summed E-state index contributed by atoms with van der Waals surface area (Å²) in [6, 6.07) is 0. The third-order valence-corrected chi connectivity index (χ3v) is 3.25. The first-order chi connectivity index (χ1) is 4.84. The Balaban J connectivity index is 2.24. The van der Waals surface area contributed by atoms with E-state index in [0.29, 0.717) is 5.92 Å². The predicted molar refractivity (Wildman–Crippen MR) is 51.5 cm³/mol. The van der Waals surface area contributed by atoms with Crippen LogP contribution in [-0.2, 0) is 0 Å². The second-order valence-electron chi connectivity index (χ2n) is 3.12. The lowest BCUT2D eigenvalue weighted by Gasteiger charge is -2.24. The first kappa shape index (κ1) is 8.78. The summed E-state index contributed by atoms with van der Waals surface area (Å²) in [6.45, 7) is 0. The number of halogens is 1. The molecule has 0 amide bonds. The van der Waals surface area contributed by atoms with Crippen LogP contribution in [0.5, 0.6) is 0 Å². The monoisotopic (exact) mass is 254 g/mol. The Bertz CT molecular complexity index is 89.3. The van der Waals surface area contributed by atoms with Crippen LogP contribution in [0.25, 0.3) is 0 Å². The van der Waals surface area contributed by atoms with E-state index < -0.39 is 0 Å². The van der Waals surface area contributed by atoms with Crippen LogP contribution >= 0.6 is 22.6 Å². The van der Waals surface area contributed by atoms with Gasteiger partial charge in [-0.3, -0.25) is 0 Å². The predicted octanol–water partition coefficient (Wildman–Crippen LogP) is 2.36. The average Bonchev–Trinajstić information content (AvgIpc) is 2.05. The lowest BCUT2D eigenvalue weighted by atomic mass is 9.86. The third kappa shape index (κ3) is 2.38. The van der Waals surface area contributed by atoms with Gasteiger partial charge in [0, 0.05) is 4.43 Å². The highest BCUT2D eigenvalue weighted by Gasteiger charge is 2.19. The maximum atomic E-state index is 9.48. The van der Waals surface area contributed by atoms with E-state index in [9.17, 15) is 5.11 Å². The summed E-state index contributed by atoms with van der Waals surface area (Å²) in [5, 5.41) is 9.48. The molecule has 0 aromatic heterocycles. The van der Waals surface area contributed by atoms with Crippen LogP contribution in [0.1, 0.15) is 32.1 Å². The van der Waals surface area contributed by atoms with Crippen LogP contribution in [-0.4, -0.2) is 15.6 Å². The molecule has 1 aliphatic rings. The van der Waals surface area contributed by atoms with E-state index in [-0.39, 0.29) is 6.10 Å². The van der Waals surface area contributed by atoms with Crippen LogP contribution in [0.3, 0.4) is 0 Å². The van der Waals surface area contributed by atoms with Crippen molar-refractivity contribution in [2.75, 3.05) is 4.43 Å². The maximum absolute atomic E-state index is 9.48. The van der Waals surface area contributed by atoms with Gasteiger partial charge in [-0.2, -0.15) is 0 Å². The molecule has 1 aliphatic carbocycles. The fourth-order valence-electron chi connectivity index (χ4n) is 1.64. The average molecular weight is 254 g/mol. The molecule has 1 nitrogen and oxygen atoms in total. The summed E-state index contributed by atoms with van der Waals surface area (Å²) < 4.78 is 0.905. The zero-order chi connectivity index (χ0) is 7.40. The molecular formula is C8H15IO. The number of aliphatic hydroxyl groups is 1. The van der Waals surface area contributed by atoms with Crippen molar-refractivity contribution in [3.8, 4) is 0 Å². The van der Waals surface area contributed by atoms with Crippen molar-refractivity contribution in [3.63, 3.8) is 0 Å². The van der Waals surface area contributed by atoms with Crippen molar-refractivity contribution in [3.05, 3.63) is 0 Å². The van der Waals surface area contributed by atoms with Gasteiger partial charge in [0.2, 0.25) is 0 Å². The highest BCUT2D eigenvalue weighted by atomic mass is 127. The molecule has 1 saturated carbocycles. The van der Waals surface area contributed by atoms with Crippen molar-refractivity contribution in [1.82, 2.24) is 0 Å². The van der Waals surface area contributed by atoms with E-state index in [4.69, 9.17) is 0 Å². The molecule has 1 N–H and O–H groups in total. The zero-order valence-corrected chi connectivity index (χ0v) is 8.38. The summed E-state index contributed by atoms with van der Waals surface area (Å²) in [6.07, 6.45) is 6.52. The van der Waals surface area contributed by atoms with Gasteiger partial charge < -0.3 is 5.11 Å². The zero-order valence-electron chi connectivity index (χ0n) is 6.22. The Kier molecular flexibility index (Phi) is 3.99. The van der Waals surface area contributed by atoms with Gasteiger partial charge in [0.05, 0.1) is 6.10 Å². The summed E-state index contributed by atoms with van der Waals surface area (Å²) in [5.41, 5.74) is 0. The molecule has 0 radical (unpaired) electrons. The molecule has 2 heteroatoms. The molecule has 0 saturated heterocycles. The Morgan fingerprint density at radius 3 is 2.40 bits per heavy atom. The van der Waals surface area contributed by atoms with E-state index in [2.05, 4.69) is 22.6 Å². The van der Waals surface area contributed by atoms with Crippen molar-refractivity contribution >= 4 is 22.6 Å². The van der Waals surface area contributed by atoms with E-state index in [0.717, 1.165) is 4.43 Å². The standard InChI is InChI=1S/C8H15IO/c9-6-8(10)7-4-2-1-3-5-7/h7-8,10H,1-6H2/t8-/m0/s1. The first-order valence-electron chi connectivity index (χ1n) is 4.08. The molecule has 0 heterocycles. The minimum atomic E-state index is -0.0269.